The minimum atomic E-state index is -0.358. The number of esters is 1. The van der Waals surface area contributed by atoms with Gasteiger partial charge in [0.1, 0.15) is 0 Å². The number of hydrogen-bond acceptors (Lipinski definition) is 4. The van der Waals surface area contributed by atoms with Crippen molar-refractivity contribution in [3.8, 4) is 0 Å². The largest absolute Gasteiger partial charge is 0.455 e. The molecule has 0 aliphatic heterocycles. The first-order valence-corrected chi connectivity index (χ1v) is 10.0. The van der Waals surface area contributed by atoms with Crippen molar-refractivity contribution in [3.63, 3.8) is 0 Å². The molecule has 1 amide bonds. The molecule has 25 heavy (non-hydrogen) atoms. The predicted molar refractivity (Wildman–Crippen MR) is 102 cm³/mol. The number of aryl methyl sites for hydroxylation is 2. The maximum absolute atomic E-state index is 12.0. The Morgan fingerprint density at radius 2 is 1.96 bits per heavy atom. The van der Waals surface area contributed by atoms with Crippen LogP contribution in [0.25, 0.3) is 0 Å². The Kier molecular flexibility index (Phi) is 7.36. The van der Waals surface area contributed by atoms with Crippen LogP contribution in [0.2, 0.25) is 0 Å². The molecule has 0 spiro atoms. The molecule has 1 saturated carbocycles. The van der Waals surface area contributed by atoms with Crippen molar-refractivity contribution < 1.29 is 14.3 Å². The van der Waals surface area contributed by atoms with Gasteiger partial charge in [-0.2, -0.15) is 0 Å². The number of benzene rings is 1. The highest BCUT2D eigenvalue weighted by Gasteiger charge is 2.28. The van der Waals surface area contributed by atoms with Gasteiger partial charge in [0.05, 0.1) is 5.75 Å². The van der Waals surface area contributed by atoms with E-state index in [1.807, 2.05) is 12.1 Å². The first kappa shape index (κ1) is 19.8. The van der Waals surface area contributed by atoms with E-state index in [4.69, 9.17) is 4.74 Å². The summed E-state index contributed by atoms with van der Waals surface area (Å²) in [5.41, 5.74) is 2.43. The van der Waals surface area contributed by atoms with Crippen LogP contribution in [-0.4, -0.2) is 30.3 Å². The highest BCUT2D eigenvalue weighted by Crippen LogP contribution is 2.29. The van der Waals surface area contributed by atoms with Crippen LogP contribution in [0, 0.1) is 25.7 Å². The number of nitrogens with one attached hydrogen (secondary N) is 1. The molecule has 0 saturated heterocycles. The standard InChI is InChI=1S/C20H29NO3S/c1-13-8-9-17(10-15(13)3)25-12-20(23)24-11-19(22)21-18-7-5-6-14(2)16(18)4/h8-10,14,16,18H,5-7,11-12H2,1-4H3,(H,21,22)/t14-,16+,18-/m1/s1. The van der Waals surface area contributed by atoms with E-state index < -0.39 is 0 Å². The zero-order chi connectivity index (χ0) is 18.4. The number of ether oxygens (including phenoxy) is 1. The van der Waals surface area contributed by atoms with E-state index in [1.165, 1.54) is 29.3 Å². The van der Waals surface area contributed by atoms with Gasteiger partial charge in [-0.15, -0.1) is 11.8 Å². The number of amides is 1. The first-order chi connectivity index (χ1) is 11.9. The third kappa shape index (κ3) is 6.07. The molecular weight excluding hydrogens is 334 g/mol. The van der Waals surface area contributed by atoms with Crippen molar-refractivity contribution in [1.82, 2.24) is 5.32 Å². The van der Waals surface area contributed by atoms with Crippen molar-refractivity contribution in [3.05, 3.63) is 29.3 Å². The quantitative estimate of drug-likeness (QED) is 0.615. The van der Waals surface area contributed by atoms with E-state index in [9.17, 15) is 9.59 Å². The molecule has 3 atom stereocenters. The van der Waals surface area contributed by atoms with Gasteiger partial charge in [-0.3, -0.25) is 9.59 Å². The fourth-order valence-corrected chi connectivity index (χ4v) is 3.96. The summed E-state index contributed by atoms with van der Waals surface area (Å²) in [5.74, 6) is 0.746. The van der Waals surface area contributed by atoms with E-state index in [0.717, 1.165) is 17.7 Å². The Balaban J connectivity index is 1.70. The molecule has 1 aliphatic rings. The van der Waals surface area contributed by atoms with Crippen molar-refractivity contribution in [1.29, 1.82) is 0 Å². The Bertz CT molecular complexity index is 617. The molecule has 1 fully saturated rings. The molecular formula is C20H29NO3S. The molecule has 5 heteroatoms. The van der Waals surface area contributed by atoms with Gasteiger partial charge in [0, 0.05) is 10.9 Å². The van der Waals surface area contributed by atoms with E-state index in [2.05, 4.69) is 39.1 Å². The smallest absolute Gasteiger partial charge is 0.316 e. The van der Waals surface area contributed by atoms with E-state index >= 15 is 0 Å². The Labute approximate surface area is 155 Å². The zero-order valence-corrected chi connectivity index (χ0v) is 16.4. The molecule has 1 N–H and O–H groups in total. The summed E-state index contributed by atoms with van der Waals surface area (Å²) in [6.07, 6.45) is 3.37. The highest BCUT2D eigenvalue weighted by atomic mass is 32.2. The summed E-state index contributed by atoms with van der Waals surface area (Å²) >= 11 is 1.43. The molecule has 0 bridgehead atoms. The Morgan fingerprint density at radius 3 is 2.68 bits per heavy atom. The predicted octanol–water partition coefficient (Wildman–Crippen LogP) is 3.88. The average Bonchev–Trinajstić information content (AvgIpc) is 2.58. The average molecular weight is 364 g/mol. The summed E-state index contributed by atoms with van der Waals surface area (Å²) in [6, 6.07) is 6.30. The SMILES string of the molecule is Cc1ccc(SCC(=O)OCC(=O)N[C@@H]2CCC[C@@H](C)[C@@H]2C)cc1C. The normalized spacial score (nSPS) is 23.1. The van der Waals surface area contributed by atoms with Crippen LogP contribution in [0.4, 0.5) is 0 Å². The second kappa shape index (κ2) is 9.27. The van der Waals surface area contributed by atoms with E-state index in [0.29, 0.717) is 11.8 Å². The molecule has 1 aromatic carbocycles. The topological polar surface area (TPSA) is 55.4 Å². The maximum atomic E-state index is 12.0. The fraction of sp³-hybridized carbons (Fsp3) is 0.600. The molecule has 138 valence electrons. The molecule has 2 rings (SSSR count). The second-order valence-electron chi connectivity index (χ2n) is 7.14. The summed E-state index contributed by atoms with van der Waals surface area (Å²) in [7, 11) is 0. The van der Waals surface area contributed by atoms with Crippen LogP contribution in [0.1, 0.15) is 44.2 Å². The van der Waals surface area contributed by atoms with E-state index in [-0.39, 0.29) is 30.3 Å². The lowest BCUT2D eigenvalue weighted by atomic mass is 9.78. The molecule has 0 heterocycles. The number of carbonyl (C=O) groups excluding carboxylic acids is 2. The number of thioether (sulfide) groups is 1. The van der Waals surface area contributed by atoms with Crippen LogP contribution < -0.4 is 5.32 Å². The van der Waals surface area contributed by atoms with Crippen LogP contribution in [0.5, 0.6) is 0 Å². The lowest BCUT2D eigenvalue weighted by Crippen LogP contribution is -2.45. The molecule has 1 aromatic rings. The van der Waals surface area contributed by atoms with Gasteiger partial charge in [0.2, 0.25) is 0 Å². The highest BCUT2D eigenvalue weighted by molar-refractivity contribution is 8.00. The molecule has 0 aromatic heterocycles. The zero-order valence-electron chi connectivity index (χ0n) is 15.6. The van der Waals surface area contributed by atoms with Crippen molar-refractivity contribution in [2.45, 2.75) is 57.9 Å². The van der Waals surface area contributed by atoms with Gasteiger partial charge in [-0.25, -0.2) is 0 Å². The molecule has 1 aliphatic carbocycles. The summed E-state index contributed by atoms with van der Waals surface area (Å²) < 4.78 is 5.11. The van der Waals surface area contributed by atoms with Crippen LogP contribution in [0.3, 0.4) is 0 Å². The molecule has 4 nitrogen and oxygen atoms in total. The minimum absolute atomic E-state index is 0.191. The van der Waals surface area contributed by atoms with Gasteiger partial charge in [-0.1, -0.05) is 32.8 Å². The van der Waals surface area contributed by atoms with Crippen LogP contribution in [0.15, 0.2) is 23.1 Å². The van der Waals surface area contributed by atoms with Gasteiger partial charge in [0.15, 0.2) is 6.61 Å². The monoisotopic (exact) mass is 363 g/mol. The summed E-state index contributed by atoms with van der Waals surface area (Å²) in [4.78, 5) is 24.9. The lowest BCUT2D eigenvalue weighted by Gasteiger charge is -2.34. The van der Waals surface area contributed by atoms with Crippen molar-refractivity contribution in [2.75, 3.05) is 12.4 Å². The number of hydrogen-bond donors (Lipinski definition) is 1. The van der Waals surface area contributed by atoms with Crippen molar-refractivity contribution >= 4 is 23.6 Å². The Hall–Kier alpha value is -1.49. The summed E-state index contributed by atoms with van der Waals surface area (Å²) in [5, 5.41) is 3.02. The van der Waals surface area contributed by atoms with Crippen LogP contribution >= 0.6 is 11.8 Å². The van der Waals surface area contributed by atoms with Crippen molar-refractivity contribution in [2.24, 2.45) is 11.8 Å². The van der Waals surface area contributed by atoms with E-state index in [1.54, 1.807) is 0 Å². The van der Waals surface area contributed by atoms with Crippen LogP contribution in [-0.2, 0) is 14.3 Å². The minimum Gasteiger partial charge on any atom is -0.455 e. The molecule has 0 unspecified atom stereocenters. The third-order valence-corrected chi connectivity index (χ3v) is 6.22. The lowest BCUT2D eigenvalue weighted by molar-refractivity contribution is -0.146. The van der Waals surface area contributed by atoms with Gasteiger partial charge in [-0.05, 0) is 55.4 Å². The van der Waals surface area contributed by atoms with Gasteiger partial charge in [0.25, 0.3) is 5.91 Å². The Morgan fingerprint density at radius 1 is 1.20 bits per heavy atom. The van der Waals surface area contributed by atoms with Gasteiger partial charge < -0.3 is 10.1 Å². The second-order valence-corrected chi connectivity index (χ2v) is 8.19. The first-order valence-electron chi connectivity index (χ1n) is 9.02. The third-order valence-electron chi connectivity index (χ3n) is 5.25. The number of rotatable bonds is 6. The molecule has 0 radical (unpaired) electrons. The van der Waals surface area contributed by atoms with Gasteiger partial charge >= 0.3 is 5.97 Å². The number of carbonyl (C=O) groups is 2. The summed E-state index contributed by atoms with van der Waals surface area (Å²) in [6.45, 7) is 8.33. The fourth-order valence-electron chi connectivity index (χ4n) is 3.17. The maximum Gasteiger partial charge on any atom is 0.316 e.